The molecule has 5 heteroatoms. The van der Waals surface area contributed by atoms with Gasteiger partial charge in [0.05, 0.1) is 18.8 Å². The normalized spacial score (nSPS) is 12.2. The van der Waals surface area contributed by atoms with Crippen LogP contribution in [0, 0.1) is 6.92 Å². The van der Waals surface area contributed by atoms with E-state index in [-0.39, 0.29) is 11.9 Å². The first kappa shape index (κ1) is 17.1. The quantitative estimate of drug-likeness (QED) is 0.565. The average molecular weight is 358 g/mol. The highest BCUT2D eigenvalue weighted by atomic mass is 16.1. The average Bonchev–Trinajstić information content (AvgIpc) is 3.31. The van der Waals surface area contributed by atoms with Crippen LogP contribution in [0.1, 0.15) is 29.8 Å². The highest BCUT2D eigenvalue weighted by molar-refractivity contribution is 5.90. The predicted molar refractivity (Wildman–Crippen MR) is 107 cm³/mol. The molecule has 1 unspecified atom stereocenters. The van der Waals surface area contributed by atoms with E-state index in [0.29, 0.717) is 6.42 Å². The number of aryl methyl sites for hydroxylation is 1. The van der Waals surface area contributed by atoms with Gasteiger partial charge in [0, 0.05) is 34.7 Å². The van der Waals surface area contributed by atoms with Crippen molar-refractivity contribution in [2.75, 3.05) is 0 Å². The van der Waals surface area contributed by atoms with Gasteiger partial charge in [-0.25, -0.2) is 4.98 Å². The molecule has 27 heavy (non-hydrogen) atoms. The zero-order valence-electron chi connectivity index (χ0n) is 15.4. The highest BCUT2D eigenvalue weighted by Crippen LogP contribution is 2.23. The van der Waals surface area contributed by atoms with Crippen LogP contribution in [-0.2, 0) is 11.2 Å². The number of nitrogens with one attached hydrogen (secondary N) is 2. The number of fused-ring (bicyclic) bond motifs is 1. The third-order valence-electron chi connectivity index (χ3n) is 4.94. The van der Waals surface area contributed by atoms with Gasteiger partial charge in [-0.1, -0.05) is 30.3 Å². The molecule has 0 aliphatic carbocycles. The molecule has 0 aliphatic heterocycles. The van der Waals surface area contributed by atoms with Gasteiger partial charge in [0.15, 0.2) is 0 Å². The smallest absolute Gasteiger partial charge is 0.224 e. The van der Waals surface area contributed by atoms with E-state index < -0.39 is 0 Å². The Morgan fingerprint density at radius 1 is 1.19 bits per heavy atom. The third kappa shape index (κ3) is 3.49. The van der Waals surface area contributed by atoms with E-state index >= 15 is 0 Å². The minimum atomic E-state index is -0.0557. The minimum Gasteiger partial charge on any atom is -0.358 e. The molecule has 4 rings (SSSR count). The monoisotopic (exact) mass is 358 g/mol. The Balaban J connectivity index is 1.45. The number of H-pyrrole nitrogens is 1. The summed E-state index contributed by atoms with van der Waals surface area (Å²) in [5, 5.41) is 4.22. The Hall–Kier alpha value is -3.34. The van der Waals surface area contributed by atoms with Crippen molar-refractivity contribution in [1.82, 2.24) is 19.9 Å². The van der Waals surface area contributed by atoms with E-state index in [0.717, 1.165) is 33.4 Å². The number of rotatable bonds is 5. The highest BCUT2D eigenvalue weighted by Gasteiger charge is 2.15. The Labute approximate surface area is 158 Å². The van der Waals surface area contributed by atoms with E-state index in [4.69, 9.17) is 0 Å². The van der Waals surface area contributed by atoms with Gasteiger partial charge >= 0.3 is 0 Å². The minimum absolute atomic E-state index is 0.0223. The van der Waals surface area contributed by atoms with Crippen LogP contribution in [0.25, 0.3) is 16.6 Å². The third-order valence-corrected chi connectivity index (χ3v) is 4.94. The van der Waals surface area contributed by atoms with Crippen molar-refractivity contribution in [1.29, 1.82) is 0 Å². The number of imidazole rings is 1. The van der Waals surface area contributed by atoms with Crippen molar-refractivity contribution in [2.45, 2.75) is 26.3 Å². The van der Waals surface area contributed by atoms with Crippen LogP contribution in [0.2, 0.25) is 0 Å². The number of aromatic amines is 1. The van der Waals surface area contributed by atoms with Gasteiger partial charge in [-0.2, -0.15) is 0 Å². The predicted octanol–water partition coefficient (Wildman–Crippen LogP) is 4.08. The zero-order chi connectivity index (χ0) is 18.8. The van der Waals surface area contributed by atoms with Crippen molar-refractivity contribution in [3.05, 3.63) is 84.1 Å². The Morgan fingerprint density at radius 2 is 1.96 bits per heavy atom. The molecule has 0 fully saturated rings. The van der Waals surface area contributed by atoms with Crippen LogP contribution in [0.5, 0.6) is 0 Å². The molecule has 0 radical (unpaired) electrons. The lowest BCUT2D eigenvalue weighted by molar-refractivity contribution is -0.121. The summed E-state index contributed by atoms with van der Waals surface area (Å²) >= 11 is 0. The van der Waals surface area contributed by atoms with Gasteiger partial charge < -0.3 is 14.9 Å². The van der Waals surface area contributed by atoms with Crippen LogP contribution >= 0.6 is 0 Å². The fraction of sp³-hybridized carbons (Fsp3) is 0.182. The molecule has 136 valence electrons. The molecule has 0 saturated carbocycles. The molecule has 0 saturated heterocycles. The van der Waals surface area contributed by atoms with Crippen molar-refractivity contribution in [3.8, 4) is 5.69 Å². The van der Waals surface area contributed by atoms with Gasteiger partial charge in [0.2, 0.25) is 5.91 Å². The van der Waals surface area contributed by atoms with Crippen LogP contribution in [0.15, 0.2) is 67.3 Å². The first-order valence-corrected chi connectivity index (χ1v) is 9.05. The van der Waals surface area contributed by atoms with Crippen molar-refractivity contribution in [2.24, 2.45) is 0 Å². The van der Waals surface area contributed by atoms with Crippen molar-refractivity contribution >= 4 is 16.8 Å². The molecule has 4 aromatic rings. The number of nitrogens with zero attached hydrogens (tertiary/aromatic N) is 2. The summed E-state index contributed by atoms with van der Waals surface area (Å²) in [6.07, 6.45) is 5.80. The van der Waals surface area contributed by atoms with Gasteiger partial charge in [-0.3, -0.25) is 4.79 Å². The van der Waals surface area contributed by atoms with Gasteiger partial charge in [-0.15, -0.1) is 0 Å². The fourth-order valence-electron chi connectivity index (χ4n) is 3.45. The number of benzene rings is 2. The molecular formula is C22H22N4O. The maximum atomic E-state index is 12.6. The molecule has 0 spiro atoms. The Bertz CT molecular complexity index is 1060. The summed E-state index contributed by atoms with van der Waals surface area (Å²) in [5.41, 5.74) is 5.29. The molecule has 2 aromatic carbocycles. The molecular weight excluding hydrogens is 336 g/mol. The SMILES string of the molecule is Cc1[nH]c2ccccc2c1CC(=O)NC(C)c1ccc(-n2ccnc2)cc1. The molecule has 5 nitrogen and oxygen atoms in total. The maximum Gasteiger partial charge on any atom is 0.224 e. The van der Waals surface area contributed by atoms with Crippen LogP contribution in [-0.4, -0.2) is 20.4 Å². The Kier molecular flexibility index (Phi) is 4.50. The number of hydrogen-bond donors (Lipinski definition) is 2. The van der Waals surface area contributed by atoms with E-state index in [1.165, 1.54) is 0 Å². The fourth-order valence-corrected chi connectivity index (χ4v) is 3.45. The van der Waals surface area contributed by atoms with Gasteiger partial charge in [0.25, 0.3) is 0 Å². The first-order chi connectivity index (χ1) is 13.1. The first-order valence-electron chi connectivity index (χ1n) is 9.05. The molecule has 0 aliphatic rings. The summed E-state index contributed by atoms with van der Waals surface area (Å²) in [6, 6.07) is 16.2. The molecule has 2 heterocycles. The topological polar surface area (TPSA) is 62.7 Å². The second kappa shape index (κ2) is 7.11. The summed E-state index contributed by atoms with van der Waals surface area (Å²) < 4.78 is 1.95. The number of carbonyl (C=O) groups is 1. The van der Waals surface area contributed by atoms with Gasteiger partial charge in [-0.05, 0) is 43.2 Å². The van der Waals surface area contributed by atoms with Crippen molar-refractivity contribution in [3.63, 3.8) is 0 Å². The van der Waals surface area contributed by atoms with E-state index in [1.807, 2.05) is 67.1 Å². The Morgan fingerprint density at radius 3 is 2.70 bits per heavy atom. The number of amides is 1. The van der Waals surface area contributed by atoms with E-state index in [9.17, 15) is 4.79 Å². The van der Waals surface area contributed by atoms with Crippen LogP contribution in [0.4, 0.5) is 0 Å². The van der Waals surface area contributed by atoms with E-state index in [2.05, 4.69) is 21.4 Å². The van der Waals surface area contributed by atoms with Crippen molar-refractivity contribution < 1.29 is 4.79 Å². The molecule has 0 bridgehead atoms. The second-order valence-electron chi connectivity index (χ2n) is 6.80. The molecule has 1 atom stereocenters. The maximum absolute atomic E-state index is 12.6. The number of hydrogen-bond acceptors (Lipinski definition) is 2. The molecule has 2 N–H and O–H groups in total. The number of para-hydroxylation sites is 1. The van der Waals surface area contributed by atoms with E-state index in [1.54, 1.807) is 12.5 Å². The molecule has 2 aromatic heterocycles. The molecule has 1 amide bonds. The largest absolute Gasteiger partial charge is 0.358 e. The number of aromatic nitrogens is 3. The van der Waals surface area contributed by atoms with Gasteiger partial charge in [0.1, 0.15) is 0 Å². The second-order valence-corrected chi connectivity index (χ2v) is 6.80. The summed E-state index contributed by atoms with van der Waals surface area (Å²) in [7, 11) is 0. The van der Waals surface area contributed by atoms with Crippen LogP contribution < -0.4 is 5.32 Å². The summed E-state index contributed by atoms with van der Waals surface area (Å²) in [6.45, 7) is 4.02. The summed E-state index contributed by atoms with van der Waals surface area (Å²) in [5.74, 6) is 0.0223. The summed E-state index contributed by atoms with van der Waals surface area (Å²) in [4.78, 5) is 20.0. The lowest BCUT2D eigenvalue weighted by Gasteiger charge is -2.15. The zero-order valence-corrected chi connectivity index (χ0v) is 15.4. The lowest BCUT2D eigenvalue weighted by atomic mass is 10.1. The number of carbonyl (C=O) groups excluding carboxylic acids is 1. The standard InChI is InChI=1S/C22H22N4O/c1-15(17-7-9-18(10-8-17)26-12-11-23-14-26)25-22(27)13-20-16(2)24-21-6-4-3-5-19(20)21/h3-12,14-15,24H,13H2,1-2H3,(H,25,27). The van der Waals surface area contributed by atoms with Crippen LogP contribution in [0.3, 0.4) is 0 Å². The lowest BCUT2D eigenvalue weighted by Crippen LogP contribution is -2.28.